The molecule has 0 amide bonds. The Morgan fingerprint density at radius 1 is 1.63 bits per heavy atom. The highest BCUT2D eigenvalue weighted by molar-refractivity contribution is 5.84. The van der Waals surface area contributed by atoms with Crippen LogP contribution in [-0.2, 0) is 19.1 Å². The maximum Gasteiger partial charge on any atom is 0.310 e. The van der Waals surface area contributed by atoms with Crippen molar-refractivity contribution in [3.63, 3.8) is 0 Å². The van der Waals surface area contributed by atoms with Gasteiger partial charge in [0, 0.05) is 12.8 Å². The highest BCUT2D eigenvalue weighted by atomic mass is 16.6. The van der Waals surface area contributed by atoms with Gasteiger partial charge in [0.25, 0.3) is 0 Å². The van der Waals surface area contributed by atoms with Crippen LogP contribution in [0.2, 0.25) is 0 Å². The van der Waals surface area contributed by atoms with Crippen LogP contribution in [0.4, 0.5) is 0 Å². The molecule has 0 unspecified atom stereocenters. The molecular weight excluding hydrogens is 244 g/mol. The van der Waals surface area contributed by atoms with Gasteiger partial charge in [-0.1, -0.05) is 6.92 Å². The zero-order valence-corrected chi connectivity index (χ0v) is 11.6. The maximum atomic E-state index is 12.2. The van der Waals surface area contributed by atoms with Crippen molar-refractivity contribution in [2.75, 3.05) is 0 Å². The predicted octanol–water partition coefficient (Wildman–Crippen LogP) is 1.92. The second-order valence-corrected chi connectivity index (χ2v) is 6.04. The van der Waals surface area contributed by atoms with Gasteiger partial charge < -0.3 is 9.47 Å². The number of carbonyl (C=O) groups excluding carboxylic acids is 2. The third-order valence-electron chi connectivity index (χ3n) is 4.10. The van der Waals surface area contributed by atoms with E-state index in [9.17, 15) is 9.59 Å². The number of hydrogen-bond donors (Lipinski definition) is 0. The SMILES string of the molecule is C#CC[C@H](C)OC(=O)[C@@H]1[C@@H]2C[C@@](C)(C[C@@H]1C)OC2=O. The van der Waals surface area contributed by atoms with Crippen LogP contribution in [0.1, 0.15) is 40.0 Å². The highest BCUT2D eigenvalue weighted by Gasteiger charge is 2.56. The van der Waals surface area contributed by atoms with E-state index in [1.165, 1.54) is 0 Å². The van der Waals surface area contributed by atoms with Gasteiger partial charge in [-0.25, -0.2) is 0 Å². The van der Waals surface area contributed by atoms with E-state index < -0.39 is 11.5 Å². The fourth-order valence-corrected chi connectivity index (χ4v) is 3.39. The number of hydrogen-bond acceptors (Lipinski definition) is 4. The number of terminal acetylenes is 1. The molecule has 1 saturated carbocycles. The van der Waals surface area contributed by atoms with Crippen LogP contribution in [-0.4, -0.2) is 23.6 Å². The molecule has 1 heterocycles. The Hall–Kier alpha value is -1.50. The minimum atomic E-state index is -0.400. The first kappa shape index (κ1) is 13.9. The van der Waals surface area contributed by atoms with Gasteiger partial charge in [0.2, 0.25) is 0 Å². The molecule has 4 nitrogen and oxygen atoms in total. The monoisotopic (exact) mass is 264 g/mol. The van der Waals surface area contributed by atoms with Crippen molar-refractivity contribution < 1.29 is 19.1 Å². The Balaban J connectivity index is 2.09. The van der Waals surface area contributed by atoms with Crippen LogP contribution in [0.15, 0.2) is 0 Å². The molecule has 0 aromatic heterocycles. The highest BCUT2D eigenvalue weighted by Crippen LogP contribution is 2.48. The Morgan fingerprint density at radius 2 is 2.32 bits per heavy atom. The van der Waals surface area contributed by atoms with Crippen LogP contribution in [0.25, 0.3) is 0 Å². The van der Waals surface area contributed by atoms with Crippen molar-refractivity contribution in [1.82, 2.24) is 0 Å². The lowest BCUT2D eigenvalue weighted by atomic mass is 9.69. The first-order valence-corrected chi connectivity index (χ1v) is 6.73. The summed E-state index contributed by atoms with van der Waals surface area (Å²) < 4.78 is 10.7. The van der Waals surface area contributed by atoms with Gasteiger partial charge in [0.05, 0.1) is 11.8 Å². The minimum Gasteiger partial charge on any atom is -0.461 e. The van der Waals surface area contributed by atoms with Crippen molar-refractivity contribution in [2.24, 2.45) is 17.8 Å². The third kappa shape index (κ3) is 2.60. The lowest BCUT2D eigenvalue weighted by Gasteiger charge is -2.35. The standard InChI is InChI=1S/C15H20O4/c1-5-6-10(3)18-14(17)12-9(2)7-15(4)8-11(12)13(16)19-15/h1,9-12H,6-8H2,2-4H3/t9-,10-,11-,12-,15+/m0/s1. The Morgan fingerprint density at radius 3 is 2.95 bits per heavy atom. The predicted molar refractivity (Wildman–Crippen MR) is 68.9 cm³/mol. The molecule has 5 atom stereocenters. The summed E-state index contributed by atoms with van der Waals surface area (Å²) in [7, 11) is 0. The van der Waals surface area contributed by atoms with Gasteiger partial charge in [-0.15, -0.1) is 12.3 Å². The van der Waals surface area contributed by atoms with E-state index in [2.05, 4.69) is 5.92 Å². The van der Waals surface area contributed by atoms with Gasteiger partial charge in [-0.3, -0.25) is 9.59 Å². The lowest BCUT2D eigenvalue weighted by molar-refractivity contribution is -0.160. The molecule has 2 bridgehead atoms. The van der Waals surface area contributed by atoms with Crippen LogP contribution in [0.3, 0.4) is 0 Å². The van der Waals surface area contributed by atoms with Crippen molar-refractivity contribution in [1.29, 1.82) is 0 Å². The largest absolute Gasteiger partial charge is 0.461 e. The Kier molecular flexibility index (Phi) is 3.58. The van der Waals surface area contributed by atoms with Gasteiger partial charge >= 0.3 is 11.9 Å². The summed E-state index contributed by atoms with van der Waals surface area (Å²) >= 11 is 0. The summed E-state index contributed by atoms with van der Waals surface area (Å²) in [5, 5.41) is 0. The fourth-order valence-electron chi connectivity index (χ4n) is 3.39. The zero-order chi connectivity index (χ0) is 14.2. The van der Waals surface area contributed by atoms with Gasteiger partial charge in [-0.2, -0.15) is 0 Å². The topological polar surface area (TPSA) is 52.6 Å². The van der Waals surface area contributed by atoms with E-state index in [1.807, 2.05) is 13.8 Å². The summed E-state index contributed by atoms with van der Waals surface area (Å²) in [6, 6.07) is 0. The molecule has 0 N–H and O–H groups in total. The van der Waals surface area contributed by atoms with Crippen molar-refractivity contribution >= 4 is 11.9 Å². The normalized spacial score (nSPS) is 38.2. The molecule has 0 spiro atoms. The Labute approximate surface area is 113 Å². The van der Waals surface area contributed by atoms with Crippen LogP contribution < -0.4 is 0 Å². The molecule has 0 aromatic carbocycles. The van der Waals surface area contributed by atoms with E-state index >= 15 is 0 Å². The lowest BCUT2D eigenvalue weighted by Crippen LogP contribution is -2.41. The fraction of sp³-hybridized carbons (Fsp3) is 0.733. The second kappa shape index (κ2) is 4.88. The van der Waals surface area contributed by atoms with E-state index in [1.54, 1.807) is 6.92 Å². The number of carbonyl (C=O) groups is 2. The smallest absolute Gasteiger partial charge is 0.310 e. The average Bonchev–Trinajstić information content (AvgIpc) is 2.49. The summed E-state index contributed by atoms with van der Waals surface area (Å²) in [5.41, 5.74) is -0.400. The van der Waals surface area contributed by atoms with Gasteiger partial charge in [0.15, 0.2) is 0 Å². The molecule has 2 fully saturated rings. The summed E-state index contributed by atoms with van der Waals surface area (Å²) in [6.07, 6.45) is 6.59. The molecule has 1 saturated heterocycles. The molecule has 1 aliphatic carbocycles. The van der Waals surface area contributed by atoms with E-state index in [0.29, 0.717) is 19.3 Å². The molecular formula is C15H20O4. The second-order valence-electron chi connectivity index (χ2n) is 6.04. The molecule has 0 aromatic rings. The first-order chi connectivity index (χ1) is 8.86. The van der Waals surface area contributed by atoms with Crippen molar-refractivity contribution in [2.45, 2.75) is 51.7 Å². The van der Waals surface area contributed by atoms with Crippen molar-refractivity contribution in [3.8, 4) is 12.3 Å². The van der Waals surface area contributed by atoms with Crippen LogP contribution in [0, 0.1) is 30.1 Å². The number of ether oxygens (including phenoxy) is 2. The summed E-state index contributed by atoms with van der Waals surface area (Å²) in [4.78, 5) is 24.1. The molecule has 2 rings (SSSR count). The molecule has 1 aliphatic heterocycles. The molecule has 0 radical (unpaired) electrons. The number of fused-ring (bicyclic) bond motifs is 2. The van der Waals surface area contributed by atoms with E-state index in [0.717, 1.165) is 0 Å². The number of esters is 2. The van der Waals surface area contributed by atoms with Crippen LogP contribution >= 0.6 is 0 Å². The van der Waals surface area contributed by atoms with Crippen LogP contribution in [0.5, 0.6) is 0 Å². The minimum absolute atomic E-state index is 0.0840. The summed E-state index contributed by atoms with van der Waals surface area (Å²) in [6.45, 7) is 5.68. The quantitative estimate of drug-likeness (QED) is 0.577. The Bertz CT molecular complexity index is 436. The van der Waals surface area contributed by atoms with Gasteiger partial charge in [-0.05, 0) is 26.2 Å². The first-order valence-electron chi connectivity index (χ1n) is 6.73. The molecule has 2 aliphatic rings. The van der Waals surface area contributed by atoms with Gasteiger partial charge in [0.1, 0.15) is 11.7 Å². The molecule has 4 heteroatoms. The molecule has 19 heavy (non-hydrogen) atoms. The average molecular weight is 264 g/mol. The third-order valence-corrected chi connectivity index (χ3v) is 4.10. The van der Waals surface area contributed by atoms with E-state index in [-0.39, 0.29) is 29.9 Å². The van der Waals surface area contributed by atoms with E-state index in [4.69, 9.17) is 15.9 Å². The maximum absolute atomic E-state index is 12.2. The summed E-state index contributed by atoms with van der Waals surface area (Å²) in [5.74, 6) is 1.21. The van der Waals surface area contributed by atoms with Crippen molar-refractivity contribution in [3.05, 3.63) is 0 Å². The zero-order valence-electron chi connectivity index (χ0n) is 11.6. The molecule has 104 valence electrons. The number of rotatable bonds is 3.